The Morgan fingerprint density at radius 1 is 0.964 bits per heavy atom. The molecule has 150 valence electrons. The SMILES string of the molecule is CC(C)CNC(=O)[C@H](C)N(Cc1c(Cl)cccc1Cl)C(=O)Cc1ccccc1. The highest BCUT2D eigenvalue weighted by Crippen LogP contribution is 2.26. The second-order valence-corrected chi connectivity index (χ2v) is 8.01. The van der Waals surface area contributed by atoms with Gasteiger partial charge in [-0.15, -0.1) is 0 Å². The Morgan fingerprint density at radius 2 is 1.57 bits per heavy atom. The van der Waals surface area contributed by atoms with Crippen LogP contribution in [0.5, 0.6) is 0 Å². The molecule has 0 aliphatic carbocycles. The van der Waals surface area contributed by atoms with Crippen molar-refractivity contribution in [2.24, 2.45) is 5.92 Å². The third-order valence-electron chi connectivity index (χ3n) is 4.44. The van der Waals surface area contributed by atoms with Crippen LogP contribution in [0.4, 0.5) is 0 Å². The average Bonchev–Trinajstić information content (AvgIpc) is 2.66. The van der Waals surface area contributed by atoms with E-state index in [9.17, 15) is 9.59 Å². The molecule has 0 heterocycles. The molecule has 0 aliphatic heterocycles. The van der Waals surface area contributed by atoms with Gasteiger partial charge in [-0.1, -0.05) is 73.4 Å². The molecule has 0 radical (unpaired) electrons. The number of benzene rings is 2. The van der Waals surface area contributed by atoms with Crippen molar-refractivity contribution < 1.29 is 9.59 Å². The van der Waals surface area contributed by atoms with E-state index in [2.05, 4.69) is 5.32 Å². The van der Waals surface area contributed by atoms with Crippen molar-refractivity contribution in [2.75, 3.05) is 6.54 Å². The lowest BCUT2D eigenvalue weighted by Gasteiger charge is -2.29. The van der Waals surface area contributed by atoms with Crippen LogP contribution in [0.2, 0.25) is 10.0 Å². The fraction of sp³-hybridized carbons (Fsp3) is 0.364. The Balaban J connectivity index is 2.26. The molecule has 1 atom stereocenters. The molecule has 2 aromatic rings. The fourth-order valence-corrected chi connectivity index (χ4v) is 3.28. The Kier molecular flexibility index (Phi) is 8.34. The summed E-state index contributed by atoms with van der Waals surface area (Å²) in [4.78, 5) is 27.3. The summed E-state index contributed by atoms with van der Waals surface area (Å²) >= 11 is 12.6. The van der Waals surface area contributed by atoms with Crippen LogP contribution in [0.1, 0.15) is 31.9 Å². The van der Waals surface area contributed by atoms with Gasteiger partial charge in [0.25, 0.3) is 0 Å². The van der Waals surface area contributed by atoms with Crippen LogP contribution in [0, 0.1) is 5.92 Å². The zero-order valence-electron chi connectivity index (χ0n) is 16.4. The van der Waals surface area contributed by atoms with Crippen LogP contribution in [0.3, 0.4) is 0 Å². The number of hydrogen-bond acceptors (Lipinski definition) is 2. The summed E-state index contributed by atoms with van der Waals surface area (Å²) in [6.07, 6.45) is 0.199. The standard InChI is InChI=1S/C22H26Cl2N2O2/c1-15(2)13-25-22(28)16(3)26(14-18-19(23)10-7-11-20(18)24)21(27)12-17-8-5-4-6-9-17/h4-11,15-16H,12-14H2,1-3H3,(H,25,28)/t16-/m0/s1. The van der Waals surface area contributed by atoms with Gasteiger partial charge in [0.2, 0.25) is 11.8 Å². The molecule has 0 aromatic heterocycles. The molecule has 0 fully saturated rings. The van der Waals surface area contributed by atoms with Gasteiger partial charge in [0, 0.05) is 28.7 Å². The summed E-state index contributed by atoms with van der Waals surface area (Å²) in [7, 11) is 0. The van der Waals surface area contributed by atoms with E-state index >= 15 is 0 Å². The Bertz CT molecular complexity index is 789. The molecule has 0 saturated carbocycles. The van der Waals surface area contributed by atoms with Gasteiger partial charge in [-0.2, -0.15) is 0 Å². The minimum atomic E-state index is -0.651. The molecule has 0 aliphatic rings. The summed E-state index contributed by atoms with van der Waals surface area (Å²) in [6.45, 7) is 6.49. The lowest BCUT2D eigenvalue weighted by atomic mass is 10.1. The van der Waals surface area contributed by atoms with Gasteiger partial charge in [-0.25, -0.2) is 0 Å². The predicted octanol–water partition coefficient (Wildman–Crippen LogP) is 4.73. The van der Waals surface area contributed by atoms with Gasteiger partial charge < -0.3 is 10.2 Å². The third kappa shape index (κ3) is 6.25. The summed E-state index contributed by atoms with van der Waals surface area (Å²) in [5.74, 6) is -0.0321. The molecule has 2 rings (SSSR count). The number of nitrogens with zero attached hydrogens (tertiary/aromatic N) is 1. The molecule has 4 nitrogen and oxygen atoms in total. The van der Waals surface area contributed by atoms with Gasteiger partial charge in [0.1, 0.15) is 6.04 Å². The van der Waals surface area contributed by atoms with Crippen LogP contribution in [0.25, 0.3) is 0 Å². The topological polar surface area (TPSA) is 49.4 Å². The van der Waals surface area contributed by atoms with Crippen molar-refractivity contribution in [3.63, 3.8) is 0 Å². The number of hydrogen-bond donors (Lipinski definition) is 1. The molecule has 6 heteroatoms. The predicted molar refractivity (Wildman–Crippen MR) is 114 cm³/mol. The van der Waals surface area contributed by atoms with Crippen LogP contribution in [-0.2, 0) is 22.6 Å². The van der Waals surface area contributed by atoms with E-state index in [-0.39, 0.29) is 24.8 Å². The maximum absolute atomic E-state index is 13.1. The Morgan fingerprint density at radius 3 is 2.14 bits per heavy atom. The molecule has 2 amide bonds. The van der Waals surface area contributed by atoms with E-state index in [4.69, 9.17) is 23.2 Å². The quantitative estimate of drug-likeness (QED) is 0.670. The van der Waals surface area contributed by atoms with E-state index in [1.807, 2.05) is 44.2 Å². The van der Waals surface area contributed by atoms with E-state index in [1.54, 1.807) is 25.1 Å². The smallest absolute Gasteiger partial charge is 0.242 e. The monoisotopic (exact) mass is 420 g/mol. The first kappa shape index (κ1) is 22.3. The minimum Gasteiger partial charge on any atom is -0.354 e. The summed E-state index contributed by atoms with van der Waals surface area (Å²) in [6, 6.07) is 14.0. The second-order valence-electron chi connectivity index (χ2n) is 7.20. The first-order valence-corrected chi connectivity index (χ1v) is 10.1. The summed E-state index contributed by atoms with van der Waals surface area (Å²) in [5.41, 5.74) is 1.52. The highest BCUT2D eigenvalue weighted by atomic mass is 35.5. The highest BCUT2D eigenvalue weighted by Gasteiger charge is 2.27. The van der Waals surface area contributed by atoms with Gasteiger partial charge in [0.05, 0.1) is 6.42 Å². The van der Waals surface area contributed by atoms with E-state index in [0.29, 0.717) is 28.1 Å². The summed E-state index contributed by atoms with van der Waals surface area (Å²) in [5, 5.41) is 3.84. The first-order valence-electron chi connectivity index (χ1n) is 9.33. The van der Waals surface area contributed by atoms with Gasteiger partial charge in [-0.3, -0.25) is 9.59 Å². The highest BCUT2D eigenvalue weighted by molar-refractivity contribution is 6.36. The van der Waals surface area contributed by atoms with Gasteiger partial charge in [-0.05, 0) is 30.5 Å². The third-order valence-corrected chi connectivity index (χ3v) is 5.15. The number of halogens is 2. The van der Waals surface area contributed by atoms with Crippen molar-refractivity contribution in [1.29, 1.82) is 0 Å². The number of nitrogens with one attached hydrogen (secondary N) is 1. The van der Waals surface area contributed by atoms with Crippen molar-refractivity contribution in [1.82, 2.24) is 10.2 Å². The lowest BCUT2D eigenvalue weighted by Crippen LogP contribution is -2.48. The second kappa shape index (κ2) is 10.5. The molecular formula is C22H26Cl2N2O2. The van der Waals surface area contributed by atoms with Crippen molar-refractivity contribution in [2.45, 2.75) is 39.8 Å². The normalized spacial score (nSPS) is 11.9. The van der Waals surface area contributed by atoms with E-state index < -0.39 is 6.04 Å². The van der Waals surface area contributed by atoms with Crippen LogP contribution in [0.15, 0.2) is 48.5 Å². The van der Waals surface area contributed by atoms with Crippen LogP contribution >= 0.6 is 23.2 Å². The molecule has 0 spiro atoms. The molecule has 0 saturated heterocycles. The molecular weight excluding hydrogens is 395 g/mol. The van der Waals surface area contributed by atoms with Gasteiger partial charge in [0.15, 0.2) is 0 Å². The van der Waals surface area contributed by atoms with Gasteiger partial charge >= 0.3 is 0 Å². The van der Waals surface area contributed by atoms with E-state index in [0.717, 1.165) is 5.56 Å². The van der Waals surface area contributed by atoms with Crippen molar-refractivity contribution in [3.05, 3.63) is 69.7 Å². The molecule has 0 unspecified atom stereocenters. The molecule has 0 bridgehead atoms. The zero-order valence-corrected chi connectivity index (χ0v) is 17.9. The largest absolute Gasteiger partial charge is 0.354 e. The molecule has 28 heavy (non-hydrogen) atoms. The Labute approximate surface area is 176 Å². The average molecular weight is 421 g/mol. The van der Waals surface area contributed by atoms with E-state index in [1.165, 1.54) is 4.90 Å². The van der Waals surface area contributed by atoms with Crippen LogP contribution < -0.4 is 5.32 Å². The van der Waals surface area contributed by atoms with Crippen molar-refractivity contribution >= 4 is 35.0 Å². The lowest BCUT2D eigenvalue weighted by molar-refractivity contribution is -0.140. The minimum absolute atomic E-state index is 0.158. The van der Waals surface area contributed by atoms with Crippen LogP contribution in [-0.4, -0.2) is 29.3 Å². The molecule has 2 aromatic carbocycles. The van der Waals surface area contributed by atoms with Crippen molar-refractivity contribution in [3.8, 4) is 0 Å². The maximum Gasteiger partial charge on any atom is 0.242 e. The number of carbonyl (C=O) groups is 2. The fourth-order valence-electron chi connectivity index (χ4n) is 2.76. The Hall–Kier alpha value is -2.04. The number of amides is 2. The first-order chi connectivity index (χ1) is 13.3. The summed E-state index contributed by atoms with van der Waals surface area (Å²) < 4.78 is 0. The number of carbonyl (C=O) groups excluding carboxylic acids is 2. The maximum atomic E-state index is 13.1. The zero-order chi connectivity index (χ0) is 20.7. The molecule has 1 N–H and O–H groups in total. The number of rotatable bonds is 8.